The normalized spacial score (nSPS) is 22.1. The van der Waals surface area contributed by atoms with Crippen molar-refractivity contribution in [1.29, 1.82) is 5.26 Å². The molecule has 0 saturated carbocycles. The monoisotopic (exact) mass is 382 g/mol. The van der Waals surface area contributed by atoms with Crippen molar-refractivity contribution >= 4 is 0 Å². The van der Waals surface area contributed by atoms with Gasteiger partial charge in [-0.2, -0.15) is 5.26 Å². The number of benzene rings is 2. The van der Waals surface area contributed by atoms with E-state index >= 15 is 0 Å². The van der Waals surface area contributed by atoms with Crippen LogP contribution in [0.2, 0.25) is 0 Å². The Labute approximate surface area is 168 Å². The number of hydrogen-bond donors (Lipinski definition) is 1. The molecule has 1 N–H and O–H groups in total. The molecule has 2 aromatic carbocycles. The molecule has 0 aliphatic carbocycles. The summed E-state index contributed by atoms with van der Waals surface area (Å²) < 4.78 is 14.6. The summed E-state index contributed by atoms with van der Waals surface area (Å²) in [5.74, 6) is 0.289. The van der Waals surface area contributed by atoms with Gasteiger partial charge in [-0.1, -0.05) is 63.2 Å². The fraction of sp³-hybridized carbons (Fsp3) is 0.458. The van der Waals surface area contributed by atoms with E-state index in [2.05, 4.69) is 11.0 Å². The van der Waals surface area contributed by atoms with Gasteiger partial charge in [-0.3, -0.25) is 4.90 Å². The summed E-state index contributed by atoms with van der Waals surface area (Å²) in [4.78, 5) is 2.08. The van der Waals surface area contributed by atoms with Crippen LogP contribution in [0.15, 0.2) is 42.5 Å². The summed E-state index contributed by atoms with van der Waals surface area (Å²) in [5.41, 5.74) is 3.11. The first-order chi connectivity index (χ1) is 13.4. The first-order valence-corrected chi connectivity index (χ1v) is 10.0. The Morgan fingerprint density at radius 1 is 1.21 bits per heavy atom. The van der Waals surface area contributed by atoms with Crippen LogP contribution in [-0.2, 0) is 6.54 Å². The van der Waals surface area contributed by atoms with E-state index in [-0.39, 0.29) is 12.2 Å². The summed E-state index contributed by atoms with van der Waals surface area (Å²) in [6.45, 7) is 9.48. The van der Waals surface area contributed by atoms with Gasteiger partial charge in [0.25, 0.3) is 0 Å². The van der Waals surface area contributed by atoms with Crippen LogP contribution < -0.4 is 0 Å². The molecule has 28 heavy (non-hydrogen) atoms. The summed E-state index contributed by atoms with van der Waals surface area (Å²) in [7, 11) is 0. The zero-order valence-electron chi connectivity index (χ0n) is 17.4. The Morgan fingerprint density at radius 3 is 2.50 bits per heavy atom. The molecule has 1 aliphatic rings. The lowest BCUT2D eigenvalue weighted by molar-refractivity contribution is 0.0185. The molecule has 2 aromatic rings. The highest BCUT2D eigenvalue weighted by Crippen LogP contribution is 2.38. The van der Waals surface area contributed by atoms with Gasteiger partial charge in [0.15, 0.2) is 0 Å². The molecule has 0 radical (unpaired) electrons. The SMILES string of the molecule is CC.Cc1c(CN2CCC(C)(CC#N)C(F)C2)ccc(-c2ccccc2)c1O. The number of rotatable bonds is 4. The number of nitriles is 1. The lowest BCUT2D eigenvalue weighted by atomic mass is 9.76. The first-order valence-electron chi connectivity index (χ1n) is 10.0. The number of nitrogens with zero attached hydrogens (tertiary/aromatic N) is 2. The van der Waals surface area contributed by atoms with Crippen molar-refractivity contribution in [3.63, 3.8) is 0 Å². The van der Waals surface area contributed by atoms with Gasteiger partial charge in [0.05, 0.1) is 6.07 Å². The second-order valence-electron chi connectivity index (χ2n) is 7.55. The average Bonchev–Trinajstić information content (AvgIpc) is 2.71. The van der Waals surface area contributed by atoms with Gasteiger partial charge >= 0.3 is 0 Å². The fourth-order valence-electron chi connectivity index (χ4n) is 3.64. The first kappa shape index (κ1) is 21.9. The Kier molecular flexibility index (Phi) is 7.60. The van der Waals surface area contributed by atoms with Gasteiger partial charge in [-0.15, -0.1) is 0 Å². The van der Waals surface area contributed by atoms with Crippen LogP contribution in [0.5, 0.6) is 5.75 Å². The minimum Gasteiger partial charge on any atom is -0.507 e. The number of aromatic hydroxyl groups is 1. The van der Waals surface area contributed by atoms with Crippen LogP contribution in [0.25, 0.3) is 11.1 Å². The standard InChI is InChI=1S/C22H25FN2O.C2H6/c1-16-18(8-9-19(21(16)26)17-6-4-3-5-7-17)14-25-13-11-22(2,10-12-24)20(23)15-25;1-2/h3-9,20,26H,10-11,13-15H2,1-2H3;1-2H3. The predicted octanol–water partition coefficient (Wildman–Crippen LogP) is 5.86. The Balaban J connectivity index is 0.00000136. The highest BCUT2D eigenvalue weighted by atomic mass is 19.1. The molecular weight excluding hydrogens is 351 g/mol. The van der Waals surface area contributed by atoms with Gasteiger partial charge in [-0.25, -0.2) is 4.39 Å². The van der Waals surface area contributed by atoms with Crippen LogP contribution in [0, 0.1) is 23.7 Å². The molecule has 0 aromatic heterocycles. The number of hydrogen-bond acceptors (Lipinski definition) is 3. The molecule has 0 amide bonds. The molecule has 1 fully saturated rings. The predicted molar refractivity (Wildman–Crippen MR) is 113 cm³/mol. The van der Waals surface area contributed by atoms with Gasteiger partial charge in [0.1, 0.15) is 11.9 Å². The van der Waals surface area contributed by atoms with Crippen LogP contribution >= 0.6 is 0 Å². The van der Waals surface area contributed by atoms with Crippen molar-refractivity contribution in [3.8, 4) is 22.9 Å². The zero-order valence-corrected chi connectivity index (χ0v) is 17.4. The average molecular weight is 383 g/mol. The van der Waals surface area contributed by atoms with Crippen molar-refractivity contribution in [2.75, 3.05) is 13.1 Å². The van der Waals surface area contributed by atoms with Gasteiger partial charge in [-0.05, 0) is 36.6 Å². The smallest absolute Gasteiger partial charge is 0.126 e. The summed E-state index contributed by atoms with van der Waals surface area (Å²) in [5, 5.41) is 19.6. The fourth-order valence-corrected chi connectivity index (χ4v) is 3.64. The van der Waals surface area contributed by atoms with Crippen molar-refractivity contribution in [2.45, 2.75) is 53.3 Å². The second kappa shape index (κ2) is 9.71. The Bertz CT molecular complexity index is 815. The number of halogens is 1. The van der Waals surface area contributed by atoms with E-state index in [1.807, 2.05) is 70.2 Å². The lowest BCUT2D eigenvalue weighted by Gasteiger charge is -2.41. The molecule has 1 aliphatic heterocycles. The maximum absolute atomic E-state index is 14.6. The van der Waals surface area contributed by atoms with Crippen molar-refractivity contribution in [3.05, 3.63) is 53.6 Å². The molecule has 0 spiro atoms. The summed E-state index contributed by atoms with van der Waals surface area (Å²) in [6.07, 6.45) is -0.0731. The molecule has 150 valence electrons. The molecule has 3 rings (SSSR count). The van der Waals surface area contributed by atoms with Crippen molar-refractivity contribution in [2.24, 2.45) is 5.41 Å². The van der Waals surface area contributed by atoms with Gasteiger partial charge in [0.2, 0.25) is 0 Å². The molecule has 1 saturated heterocycles. The van der Waals surface area contributed by atoms with E-state index in [0.29, 0.717) is 19.5 Å². The van der Waals surface area contributed by atoms with E-state index in [0.717, 1.165) is 28.8 Å². The number of alkyl halides is 1. The van der Waals surface area contributed by atoms with E-state index in [4.69, 9.17) is 5.26 Å². The lowest BCUT2D eigenvalue weighted by Crippen LogP contribution is -2.47. The molecule has 0 bridgehead atoms. The molecule has 3 nitrogen and oxygen atoms in total. The Hall–Kier alpha value is -2.38. The second-order valence-corrected chi connectivity index (χ2v) is 7.55. The van der Waals surface area contributed by atoms with Gasteiger partial charge in [0, 0.05) is 30.5 Å². The highest BCUT2D eigenvalue weighted by molar-refractivity contribution is 5.72. The summed E-state index contributed by atoms with van der Waals surface area (Å²) in [6, 6.07) is 15.9. The van der Waals surface area contributed by atoms with E-state index in [9.17, 15) is 9.50 Å². The third kappa shape index (κ3) is 4.72. The molecule has 2 unspecified atom stereocenters. The quantitative estimate of drug-likeness (QED) is 0.721. The molecule has 1 heterocycles. The molecule has 4 heteroatoms. The topological polar surface area (TPSA) is 47.3 Å². The third-order valence-corrected chi connectivity index (χ3v) is 5.68. The largest absolute Gasteiger partial charge is 0.507 e. The van der Waals surface area contributed by atoms with Crippen molar-refractivity contribution in [1.82, 2.24) is 4.90 Å². The summed E-state index contributed by atoms with van der Waals surface area (Å²) >= 11 is 0. The van der Waals surface area contributed by atoms with E-state index in [1.165, 1.54) is 0 Å². The van der Waals surface area contributed by atoms with E-state index < -0.39 is 11.6 Å². The Morgan fingerprint density at radius 2 is 1.89 bits per heavy atom. The molecule has 2 atom stereocenters. The van der Waals surface area contributed by atoms with Crippen LogP contribution in [0.3, 0.4) is 0 Å². The zero-order chi connectivity index (χ0) is 20.7. The number of phenolic OH excluding ortho intramolecular Hbond substituents is 1. The van der Waals surface area contributed by atoms with Crippen molar-refractivity contribution < 1.29 is 9.50 Å². The number of piperidine rings is 1. The van der Waals surface area contributed by atoms with Gasteiger partial charge < -0.3 is 5.11 Å². The van der Waals surface area contributed by atoms with Crippen LogP contribution in [0.1, 0.15) is 44.7 Å². The number of phenols is 1. The maximum atomic E-state index is 14.6. The highest BCUT2D eigenvalue weighted by Gasteiger charge is 2.39. The van der Waals surface area contributed by atoms with Crippen LogP contribution in [-0.4, -0.2) is 29.3 Å². The minimum atomic E-state index is -1.01. The van der Waals surface area contributed by atoms with Crippen LogP contribution in [0.4, 0.5) is 4.39 Å². The maximum Gasteiger partial charge on any atom is 0.126 e. The minimum absolute atomic E-state index is 0.258. The molecular formula is C24H31FN2O. The number of likely N-dealkylation sites (tertiary alicyclic amines) is 1. The third-order valence-electron chi connectivity index (χ3n) is 5.68. The van der Waals surface area contributed by atoms with E-state index in [1.54, 1.807) is 0 Å².